The summed E-state index contributed by atoms with van der Waals surface area (Å²) < 4.78 is 5.23. The number of aliphatic hydroxyl groups is 1. The Morgan fingerprint density at radius 1 is 1.60 bits per heavy atom. The van der Waals surface area contributed by atoms with Gasteiger partial charge in [0.2, 0.25) is 0 Å². The van der Waals surface area contributed by atoms with E-state index in [9.17, 15) is 5.11 Å². The molecule has 0 fully saturated rings. The maximum Gasteiger partial charge on any atom is 0.156 e. The number of nitriles is 1. The fourth-order valence-electron chi connectivity index (χ4n) is 1.73. The largest absolute Gasteiger partial charge is 0.384 e. The molecule has 1 unspecified atom stereocenters. The van der Waals surface area contributed by atoms with Gasteiger partial charge in [0.15, 0.2) is 6.29 Å². The zero-order chi connectivity index (χ0) is 15.0. The van der Waals surface area contributed by atoms with Crippen LogP contribution in [0.3, 0.4) is 0 Å². The number of unbranched alkanes of at least 4 members (excludes halogenated alkanes) is 1. The van der Waals surface area contributed by atoms with Crippen molar-refractivity contribution < 1.29 is 9.84 Å². The Bertz CT molecular complexity index is 471. The van der Waals surface area contributed by atoms with Gasteiger partial charge >= 0.3 is 0 Å². The molecule has 0 aromatic carbocycles. The van der Waals surface area contributed by atoms with Crippen molar-refractivity contribution in [2.24, 2.45) is 0 Å². The van der Waals surface area contributed by atoms with E-state index < -0.39 is 6.29 Å². The monoisotopic (exact) mass is 278 g/mol. The topological polar surface area (TPSA) is 104 Å². The van der Waals surface area contributed by atoms with Gasteiger partial charge in [0, 0.05) is 19.6 Å². The second-order valence-corrected chi connectivity index (χ2v) is 4.59. The highest BCUT2D eigenvalue weighted by molar-refractivity contribution is 5.59. The SMILES string of the molecule is CCCCOC(O)CCNc1nc(N)cc(C)c1C#N. The van der Waals surface area contributed by atoms with Crippen molar-refractivity contribution >= 4 is 11.6 Å². The number of anilines is 2. The number of aliphatic hydroxyl groups excluding tert-OH is 1. The standard InChI is InChI=1S/C14H22N4O2/c1-3-4-7-20-13(19)5-6-17-14-11(9-15)10(2)8-12(16)18-14/h8,13,19H,3-7H2,1-2H3,(H3,16,17,18). The van der Waals surface area contributed by atoms with E-state index in [-0.39, 0.29) is 0 Å². The average Bonchev–Trinajstić information content (AvgIpc) is 2.38. The van der Waals surface area contributed by atoms with Gasteiger partial charge < -0.3 is 20.9 Å². The van der Waals surface area contributed by atoms with Crippen LogP contribution in [0.4, 0.5) is 11.6 Å². The number of aryl methyl sites for hydroxylation is 1. The smallest absolute Gasteiger partial charge is 0.156 e. The third-order valence-corrected chi connectivity index (χ3v) is 2.84. The van der Waals surface area contributed by atoms with Crippen LogP contribution in [0.15, 0.2) is 6.07 Å². The van der Waals surface area contributed by atoms with Crippen molar-refractivity contribution in [3.8, 4) is 6.07 Å². The van der Waals surface area contributed by atoms with E-state index in [1.807, 2.05) is 6.92 Å². The second kappa shape index (κ2) is 8.35. The van der Waals surface area contributed by atoms with Crippen molar-refractivity contribution in [3.63, 3.8) is 0 Å². The summed E-state index contributed by atoms with van der Waals surface area (Å²) in [6.45, 7) is 4.88. The lowest BCUT2D eigenvalue weighted by Crippen LogP contribution is -2.18. The summed E-state index contributed by atoms with van der Waals surface area (Å²) in [5, 5.41) is 21.7. The van der Waals surface area contributed by atoms with Gasteiger partial charge in [0.25, 0.3) is 0 Å². The fraction of sp³-hybridized carbons (Fsp3) is 0.571. The predicted octanol–water partition coefficient (Wildman–Crippen LogP) is 1.78. The van der Waals surface area contributed by atoms with E-state index in [0.717, 1.165) is 18.4 Å². The average molecular weight is 278 g/mol. The van der Waals surface area contributed by atoms with Crippen LogP contribution in [0.1, 0.15) is 37.3 Å². The molecule has 1 aromatic rings. The molecule has 110 valence electrons. The molecule has 0 saturated carbocycles. The number of hydrogen-bond acceptors (Lipinski definition) is 6. The summed E-state index contributed by atoms with van der Waals surface area (Å²) in [7, 11) is 0. The van der Waals surface area contributed by atoms with Crippen molar-refractivity contribution in [2.45, 2.75) is 39.4 Å². The first-order valence-corrected chi connectivity index (χ1v) is 6.79. The maximum atomic E-state index is 9.62. The van der Waals surface area contributed by atoms with Crippen molar-refractivity contribution in [2.75, 3.05) is 24.2 Å². The fourth-order valence-corrected chi connectivity index (χ4v) is 1.73. The normalized spacial score (nSPS) is 11.9. The predicted molar refractivity (Wildman–Crippen MR) is 78.1 cm³/mol. The van der Waals surface area contributed by atoms with Gasteiger partial charge in [0.1, 0.15) is 17.7 Å². The van der Waals surface area contributed by atoms with E-state index >= 15 is 0 Å². The number of nitrogens with one attached hydrogen (secondary N) is 1. The number of nitrogen functional groups attached to an aromatic ring is 1. The lowest BCUT2D eigenvalue weighted by atomic mass is 10.1. The Balaban J connectivity index is 2.48. The van der Waals surface area contributed by atoms with Crippen LogP contribution in [0.5, 0.6) is 0 Å². The summed E-state index contributed by atoms with van der Waals surface area (Å²) in [5.41, 5.74) is 6.91. The third-order valence-electron chi connectivity index (χ3n) is 2.84. The highest BCUT2D eigenvalue weighted by atomic mass is 16.6. The number of aromatic nitrogens is 1. The molecule has 0 spiro atoms. The molecule has 0 aliphatic carbocycles. The molecule has 1 rings (SSSR count). The molecule has 1 heterocycles. The lowest BCUT2D eigenvalue weighted by molar-refractivity contribution is -0.101. The highest BCUT2D eigenvalue weighted by Crippen LogP contribution is 2.18. The Kier molecular flexibility index (Phi) is 6.77. The van der Waals surface area contributed by atoms with E-state index in [4.69, 9.17) is 15.7 Å². The summed E-state index contributed by atoms with van der Waals surface area (Å²) in [6.07, 6.45) is 1.58. The molecule has 20 heavy (non-hydrogen) atoms. The van der Waals surface area contributed by atoms with E-state index in [1.165, 1.54) is 0 Å². The zero-order valence-corrected chi connectivity index (χ0v) is 12.0. The number of rotatable bonds is 8. The molecule has 0 radical (unpaired) electrons. The van der Waals surface area contributed by atoms with Crippen LogP contribution in [0.25, 0.3) is 0 Å². The molecule has 4 N–H and O–H groups in total. The number of nitrogens with zero attached hydrogens (tertiary/aromatic N) is 2. The molecule has 6 heteroatoms. The molecule has 0 saturated heterocycles. The quantitative estimate of drug-likeness (QED) is 0.494. The number of ether oxygens (including phenoxy) is 1. The van der Waals surface area contributed by atoms with Crippen LogP contribution >= 0.6 is 0 Å². The van der Waals surface area contributed by atoms with Crippen LogP contribution in [-0.2, 0) is 4.74 Å². The second-order valence-electron chi connectivity index (χ2n) is 4.59. The van der Waals surface area contributed by atoms with Gasteiger partial charge in [-0.3, -0.25) is 0 Å². The Morgan fingerprint density at radius 2 is 2.35 bits per heavy atom. The van der Waals surface area contributed by atoms with E-state index in [2.05, 4.69) is 23.3 Å². The van der Waals surface area contributed by atoms with Gasteiger partial charge in [-0.15, -0.1) is 0 Å². The van der Waals surface area contributed by atoms with E-state index in [0.29, 0.717) is 36.8 Å². The first-order valence-electron chi connectivity index (χ1n) is 6.79. The first kappa shape index (κ1) is 16.2. The minimum Gasteiger partial charge on any atom is -0.384 e. The molecule has 1 aromatic heterocycles. The molecular formula is C14H22N4O2. The minimum atomic E-state index is -0.804. The summed E-state index contributed by atoms with van der Waals surface area (Å²) in [4.78, 5) is 4.10. The highest BCUT2D eigenvalue weighted by Gasteiger charge is 2.09. The molecule has 0 amide bonds. The lowest BCUT2D eigenvalue weighted by Gasteiger charge is -2.13. The summed E-state index contributed by atoms with van der Waals surface area (Å²) >= 11 is 0. The molecule has 6 nitrogen and oxygen atoms in total. The zero-order valence-electron chi connectivity index (χ0n) is 12.0. The third kappa shape index (κ3) is 5.03. The maximum absolute atomic E-state index is 9.62. The van der Waals surface area contributed by atoms with Crippen LogP contribution in [0.2, 0.25) is 0 Å². The van der Waals surface area contributed by atoms with Crippen molar-refractivity contribution in [1.29, 1.82) is 5.26 Å². The van der Waals surface area contributed by atoms with Gasteiger partial charge in [-0.1, -0.05) is 13.3 Å². The van der Waals surface area contributed by atoms with Gasteiger partial charge in [0.05, 0.1) is 5.56 Å². The Morgan fingerprint density at radius 3 is 3.00 bits per heavy atom. The molecule has 0 bridgehead atoms. The van der Waals surface area contributed by atoms with Gasteiger partial charge in [-0.25, -0.2) is 4.98 Å². The van der Waals surface area contributed by atoms with E-state index in [1.54, 1.807) is 6.07 Å². The van der Waals surface area contributed by atoms with Gasteiger partial charge in [-0.2, -0.15) is 5.26 Å². The van der Waals surface area contributed by atoms with Crippen molar-refractivity contribution in [3.05, 3.63) is 17.2 Å². The van der Waals surface area contributed by atoms with Crippen LogP contribution in [0, 0.1) is 18.3 Å². The molecular weight excluding hydrogens is 256 g/mol. The number of nitrogens with two attached hydrogens (primary N) is 1. The molecule has 0 aliphatic rings. The van der Waals surface area contributed by atoms with Gasteiger partial charge in [-0.05, 0) is 25.0 Å². The minimum absolute atomic E-state index is 0.365. The first-order chi connectivity index (χ1) is 9.58. The molecule has 1 atom stereocenters. The van der Waals surface area contributed by atoms with Crippen molar-refractivity contribution in [1.82, 2.24) is 4.98 Å². The number of pyridine rings is 1. The number of hydrogen-bond donors (Lipinski definition) is 3. The Labute approximate surface area is 119 Å². The van der Waals surface area contributed by atoms with Crippen LogP contribution in [-0.4, -0.2) is 29.5 Å². The van der Waals surface area contributed by atoms with Crippen LogP contribution < -0.4 is 11.1 Å². The summed E-state index contributed by atoms with van der Waals surface area (Å²) in [5.74, 6) is 0.814. The summed E-state index contributed by atoms with van der Waals surface area (Å²) in [6, 6.07) is 3.76. The molecule has 0 aliphatic heterocycles. The Hall–Kier alpha value is -1.84.